The zero-order valence-corrected chi connectivity index (χ0v) is 17.3. The van der Waals surface area contributed by atoms with E-state index in [-0.39, 0.29) is 11.1 Å². The zero-order chi connectivity index (χ0) is 21.9. The molecule has 2 atom stereocenters. The van der Waals surface area contributed by atoms with E-state index in [9.17, 15) is 18.3 Å². The van der Waals surface area contributed by atoms with E-state index in [0.29, 0.717) is 34.9 Å². The Morgan fingerprint density at radius 3 is 2.65 bits per heavy atom. The van der Waals surface area contributed by atoms with Gasteiger partial charge in [0.1, 0.15) is 5.75 Å². The smallest absolute Gasteiger partial charge is 0.416 e. The Labute approximate surface area is 177 Å². The Morgan fingerprint density at radius 1 is 1.13 bits per heavy atom. The second-order valence-corrected chi connectivity index (χ2v) is 8.56. The van der Waals surface area contributed by atoms with Crippen LogP contribution >= 0.6 is 0 Å². The summed E-state index contributed by atoms with van der Waals surface area (Å²) in [5, 5.41) is 10.3. The van der Waals surface area contributed by atoms with Gasteiger partial charge in [-0.05, 0) is 69.1 Å². The number of piperidine rings is 1. The third kappa shape index (κ3) is 3.50. The Bertz CT molecular complexity index is 1120. The summed E-state index contributed by atoms with van der Waals surface area (Å²) in [4.78, 5) is 13.6. The molecule has 2 saturated heterocycles. The highest BCUT2D eigenvalue weighted by Gasteiger charge is 2.39. The van der Waals surface area contributed by atoms with Crippen LogP contribution in [0.5, 0.6) is 5.75 Å². The summed E-state index contributed by atoms with van der Waals surface area (Å²) >= 11 is 0. The first-order valence-corrected chi connectivity index (χ1v) is 10.3. The van der Waals surface area contributed by atoms with E-state index in [1.54, 1.807) is 12.1 Å². The SMILES string of the molecule is Cc1cc(C(F)(F)F)cc(O)c1-c1ccc2oc(N3CC[C@H]4CCN(C)C[C@H]43)nc2n1. The summed E-state index contributed by atoms with van der Waals surface area (Å²) in [6.07, 6.45) is -2.26. The minimum absolute atomic E-state index is 0.259. The third-order valence-electron chi connectivity index (χ3n) is 6.45. The van der Waals surface area contributed by atoms with Crippen LogP contribution in [0.3, 0.4) is 0 Å². The highest BCUT2D eigenvalue weighted by atomic mass is 19.4. The fraction of sp³-hybridized carbons (Fsp3) is 0.455. The normalized spacial score (nSPS) is 22.3. The minimum atomic E-state index is -4.53. The second-order valence-electron chi connectivity index (χ2n) is 8.56. The molecule has 164 valence electrons. The summed E-state index contributed by atoms with van der Waals surface area (Å²) in [5.41, 5.74) is 0.893. The number of rotatable bonds is 2. The number of phenolic OH excluding ortho intramolecular Hbond substituents is 1. The Hall–Kier alpha value is -2.81. The third-order valence-corrected chi connectivity index (χ3v) is 6.45. The van der Waals surface area contributed by atoms with Crippen molar-refractivity contribution in [3.8, 4) is 17.0 Å². The second kappa shape index (κ2) is 7.12. The number of aryl methyl sites for hydroxylation is 1. The molecule has 2 aliphatic rings. The number of aromatic hydroxyl groups is 1. The van der Waals surface area contributed by atoms with Gasteiger partial charge in [-0.2, -0.15) is 18.2 Å². The predicted octanol–water partition coefficient (Wildman–Crippen LogP) is 4.45. The zero-order valence-electron chi connectivity index (χ0n) is 17.3. The molecule has 5 rings (SSSR count). The molecule has 1 N–H and O–H groups in total. The topological polar surface area (TPSA) is 65.6 Å². The number of aromatic nitrogens is 2. The Balaban J connectivity index is 1.50. The van der Waals surface area contributed by atoms with Crippen LogP contribution in [0.1, 0.15) is 24.0 Å². The van der Waals surface area contributed by atoms with E-state index in [1.165, 1.54) is 6.92 Å². The number of likely N-dealkylation sites (N-methyl/N-ethyl adjacent to an activating group) is 1. The number of halogens is 3. The lowest BCUT2D eigenvalue weighted by Crippen LogP contribution is -2.46. The number of pyridine rings is 1. The van der Waals surface area contributed by atoms with Gasteiger partial charge in [-0.3, -0.25) is 0 Å². The summed E-state index contributed by atoms with van der Waals surface area (Å²) in [7, 11) is 2.12. The van der Waals surface area contributed by atoms with Crippen LogP contribution in [0.2, 0.25) is 0 Å². The quantitative estimate of drug-likeness (QED) is 0.645. The van der Waals surface area contributed by atoms with E-state index >= 15 is 0 Å². The van der Waals surface area contributed by atoms with Gasteiger partial charge in [0.2, 0.25) is 5.65 Å². The molecule has 6 nitrogen and oxygen atoms in total. The van der Waals surface area contributed by atoms with E-state index in [0.717, 1.165) is 44.6 Å². The maximum atomic E-state index is 13.0. The van der Waals surface area contributed by atoms with Gasteiger partial charge < -0.3 is 19.3 Å². The van der Waals surface area contributed by atoms with Crippen molar-refractivity contribution in [1.82, 2.24) is 14.9 Å². The fourth-order valence-corrected chi connectivity index (χ4v) is 4.87. The summed E-state index contributed by atoms with van der Waals surface area (Å²) < 4.78 is 45.1. The maximum Gasteiger partial charge on any atom is 0.416 e. The lowest BCUT2D eigenvalue weighted by atomic mass is 9.93. The van der Waals surface area contributed by atoms with Gasteiger partial charge in [-0.15, -0.1) is 0 Å². The number of alkyl halides is 3. The minimum Gasteiger partial charge on any atom is -0.507 e. The van der Waals surface area contributed by atoms with Crippen molar-refractivity contribution in [3.05, 3.63) is 35.4 Å². The number of oxazole rings is 1. The van der Waals surface area contributed by atoms with Crippen molar-refractivity contribution in [3.63, 3.8) is 0 Å². The van der Waals surface area contributed by atoms with Crippen LogP contribution in [0.15, 0.2) is 28.7 Å². The van der Waals surface area contributed by atoms with Crippen LogP contribution in [-0.4, -0.2) is 52.7 Å². The number of hydrogen-bond donors (Lipinski definition) is 1. The molecule has 0 bridgehead atoms. The molecular weight excluding hydrogens is 409 g/mol. The molecule has 0 amide bonds. The highest BCUT2D eigenvalue weighted by molar-refractivity contribution is 5.78. The molecule has 1 aromatic carbocycles. The molecule has 0 saturated carbocycles. The number of hydrogen-bond acceptors (Lipinski definition) is 6. The molecule has 0 aliphatic carbocycles. The number of benzene rings is 1. The van der Waals surface area contributed by atoms with Crippen molar-refractivity contribution < 1.29 is 22.7 Å². The first-order chi connectivity index (χ1) is 14.7. The van der Waals surface area contributed by atoms with E-state index in [4.69, 9.17) is 4.42 Å². The van der Waals surface area contributed by atoms with Crippen molar-refractivity contribution in [2.45, 2.75) is 32.0 Å². The predicted molar refractivity (Wildman–Crippen MR) is 110 cm³/mol. The standard InChI is InChI=1S/C22H23F3N4O2/c1-12-9-14(22(23,24)25)10-17(30)19(12)15-3-4-18-20(26-15)27-21(31-18)29-8-6-13-5-7-28(2)11-16(13)29/h3-4,9-10,13,16,30H,5-8,11H2,1-2H3/t13-,16-/m1/s1. The van der Waals surface area contributed by atoms with Gasteiger partial charge in [-0.25, -0.2) is 4.98 Å². The van der Waals surface area contributed by atoms with Crippen LogP contribution in [0.25, 0.3) is 22.5 Å². The van der Waals surface area contributed by atoms with Gasteiger partial charge in [0.15, 0.2) is 5.58 Å². The van der Waals surface area contributed by atoms with Gasteiger partial charge in [0, 0.05) is 24.7 Å². The lowest BCUT2D eigenvalue weighted by molar-refractivity contribution is -0.137. The van der Waals surface area contributed by atoms with E-state index in [2.05, 4.69) is 26.8 Å². The molecule has 2 fully saturated rings. The van der Waals surface area contributed by atoms with Crippen molar-refractivity contribution in [2.75, 3.05) is 31.6 Å². The van der Waals surface area contributed by atoms with E-state index in [1.807, 2.05) is 0 Å². The lowest BCUT2D eigenvalue weighted by Gasteiger charge is -2.35. The van der Waals surface area contributed by atoms with Crippen LogP contribution < -0.4 is 4.90 Å². The molecule has 0 spiro atoms. The summed E-state index contributed by atoms with van der Waals surface area (Å²) in [6, 6.07) is 5.95. The average molecular weight is 432 g/mol. The first-order valence-electron chi connectivity index (χ1n) is 10.3. The molecule has 2 aliphatic heterocycles. The van der Waals surface area contributed by atoms with Crippen LogP contribution in [-0.2, 0) is 6.18 Å². The van der Waals surface area contributed by atoms with Crippen molar-refractivity contribution >= 4 is 17.2 Å². The molecule has 2 aromatic heterocycles. The highest BCUT2D eigenvalue weighted by Crippen LogP contribution is 2.40. The summed E-state index contributed by atoms with van der Waals surface area (Å²) in [6.45, 7) is 4.46. The van der Waals surface area contributed by atoms with Crippen LogP contribution in [0, 0.1) is 12.8 Å². The number of phenols is 1. The van der Waals surface area contributed by atoms with Gasteiger partial charge in [-0.1, -0.05) is 0 Å². The molecule has 0 unspecified atom stereocenters. The number of likely N-dealkylation sites (tertiary alicyclic amines) is 1. The number of fused-ring (bicyclic) bond motifs is 2. The number of nitrogens with zero attached hydrogens (tertiary/aromatic N) is 4. The molecule has 9 heteroatoms. The Morgan fingerprint density at radius 2 is 1.90 bits per heavy atom. The largest absolute Gasteiger partial charge is 0.507 e. The van der Waals surface area contributed by atoms with E-state index < -0.39 is 17.5 Å². The maximum absolute atomic E-state index is 13.0. The molecule has 31 heavy (non-hydrogen) atoms. The summed E-state index contributed by atoms with van der Waals surface area (Å²) in [5.74, 6) is 0.164. The van der Waals surface area contributed by atoms with Crippen LogP contribution in [0.4, 0.5) is 19.2 Å². The monoisotopic (exact) mass is 432 g/mol. The number of anilines is 1. The molecule has 4 heterocycles. The molecule has 0 radical (unpaired) electrons. The first kappa shape index (κ1) is 20.1. The van der Waals surface area contributed by atoms with Gasteiger partial charge in [0.05, 0.1) is 11.3 Å². The van der Waals surface area contributed by atoms with Gasteiger partial charge >= 0.3 is 6.18 Å². The average Bonchev–Trinajstić information content (AvgIpc) is 3.29. The van der Waals surface area contributed by atoms with Gasteiger partial charge in [0.25, 0.3) is 6.01 Å². The molecule has 3 aromatic rings. The fourth-order valence-electron chi connectivity index (χ4n) is 4.87. The van der Waals surface area contributed by atoms with Crippen molar-refractivity contribution in [1.29, 1.82) is 0 Å². The molecular formula is C22H23F3N4O2. The Kier molecular flexibility index (Phi) is 4.62. The van der Waals surface area contributed by atoms with Crippen molar-refractivity contribution in [2.24, 2.45) is 5.92 Å².